The fourth-order valence-electron chi connectivity index (χ4n) is 3.31. The first-order valence-electron chi connectivity index (χ1n) is 9.01. The number of hydrogen-bond donors (Lipinski definition) is 1. The highest BCUT2D eigenvalue weighted by atomic mass is 19.1. The summed E-state index contributed by atoms with van der Waals surface area (Å²) < 4.78 is 25.8. The molecule has 0 atom stereocenters. The van der Waals surface area contributed by atoms with E-state index in [9.17, 15) is 9.18 Å². The molecular weight excluding hydrogens is 325 g/mol. The van der Waals surface area contributed by atoms with Crippen LogP contribution in [-0.4, -0.2) is 49.8 Å². The minimum Gasteiger partial charge on any atom is -0.475 e. The number of nitrogens with zero attached hydrogens (tertiary/aromatic N) is 2. The van der Waals surface area contributed by atoms with Gasteiger partial charge in [0.25, 0.3) is 5.88 Å². The quantitative estimate of drug-likeness (QED) is 0.727. The lowest BCUT2D eigenvalue weighted by molar-refractivity contribution is -0.119. The molecule has 3 rings (SSSR count). The van der Waals surface area contributed by atoms with E-state index in [1.165, 1.54) is 6.92 Å². The van der Waals surface area contributed by atoms with Crippen molar-refractivity contribution in [2.75, 3.05) is 37.7 Å². The molecule has 7 heteroatoms. The first-order chi connectivity index (χ1) is 12.1. The molecule has 1 aromatic rings. The molecule has 1 amide bonds. The number of halogens is 1. The standard InChI is InChI=1S/C18H26FN3O3/c1-13(23)20-6-9-24-15-10-14(11-15)12-25-18-17(19)16(4-5-21-18)22-7-2-3-8-22/h4-5,14-15H,2-3,6-12H2,1H3,(H,20,23). The summed E-state index contributed by atoms with van der Waals surface area (Å²) in [5.74, 6) is 0.0582. The lowest BCUT2D eigenvalue weighted by Gasteiger charge is -2.34. The molecule has 1 N–H and O–H groups in total. The molecule has 1 saturated carbocycles. The molecule has 1 aliphatic carbocycles. The Balaban J connectivity index is 1.38. The molecule has 25 heavy (non-hydrogen) atoms. The zero-order valence-corrected chi connectivity index (χ0v) is 14.7. The van der Waals surface area contributed by atoms with Crippen LogP contribution in [0.15, 0.2) is 12.3 Å². The third kappa shape index (κ3) is 4.81. The average molecular weight is 351 g/mol. The number of hydrogen-bond acceptors (Lipinski definition) is 5. The minimum absolute atomic E-state index is 0.0471. The van der Waals surface area contributed by atoms with E-state index < -0.39 is 0 Å². The van der Waals surface area contributed by atoms with Crippen LogP contribution < -0.4 is 15.0 Å². The van der Waals surface area contributed by atoms with Gasteiger partial charge >= 0.3 is 0 Å². The maximum absolute atomic E-state index is 14.6. The van der Waals surface area contributed by atoms with Crippen LogP contribution in [0, 0.1) is 11.7 Å². The summed E-state index contributed by atoms with van der Waals surface area (Å²) in [6.07, 6.45) is 5.81. The number of nitrogens with one attached hydrogen (secondary N) is 1. The Kier molecular flexibility index (Phi) is 6.07. The molecule has 6 nitrogen and oxygen atoms in total. The van der Waals surface area contributed by atoms with E-state index in [0.717, 1.165) is 38.8 Å². The van der Waals surface area contributed by atoms with E-state index in [1.807, 2.05) is 4.90 Å². The van der Waals surface area contributed by atoms with Crippen LogP contribution in [0.3, 0.4) is 0 Å². The highest BCUT2D eigenvalue weighted by molar-refractivity contribution is 5.72. The van der Waals surface area contributed by atoms with Crippen molar-refractivity contribution in [2.24, 2.45) is 5.92 Å². The summed E-state index contributed by atoms with van der Waals surface area (Å²) >= 11 is 0. The first-order valence-corrected chi connectivity index (χ1v) is 9.01. The fourth-order valence-corrected chi connectivity index (χ4v) is 3.31. The van der Waals surface area contributed by atoms with Crippen molar-refractivity contribution in [3.63, 3.8) is 0 Å². The molecule has 0 unspecified atom stereocenters. The van der Waals surface area contributed by atoms with Crippen LogP contribution in [0.4, 0.5) is 10.1 Å². The van der Waals surface area contributed by atoms with Gasteiger partial charge in [-0.1, -0.05) is 0 Å². The highest BCUT2D eigenvalue weighted by Gasteiger charge is 2.31. The maximum atomic E-state index is 14.6. The number of aromatic nitrogens is 1. The normalized spacial score (nSPS) is 22.6. The second kappa shape index (κ2) is 8.47. The molecule has 1 aliphatic heterocycles. The topological polar surface area (TPSA) is 63.7 Å². The predicted molar refractivity (Wildman–Crippen MR) is 92.3 cm³/mol. The van der Waals surface area contributed by atoms with E-state index >= 15 is 0 Å². The second-order valence-corrected chi connectivity index (χ2v) is 6.77. The van der Waals surface area contributed by atoms with Gasteiger partial charge in [0.2, 0.25) is 11.7 Å². The number of carbonyl (C=O) groups is 1. The summed E-state index contributed by atoms with van der Waals surface area (Å²) in [6.45, 7) is 4.78. The van der Waals surface area contributed by atoms with Crippen molar-refractivity contribution in [2.45, 2.75) is 38.7 Å². The average Bonchev–Trinajstić information content (AvgIpc) is 3.07. The zero-order valence-electron chi connectivity index (χ0n) is 14.7. The van der Waals surface area contributed by atoms with Crippen LogP contribution in [-0.2, 0) is 9.53 Å². The van der Waals surface area contributed by atoms with Crippen LogP contribution >= 0.6 is 0 Å². The molecule has 0 aromatic carbocycles. The third-order valence-electron chi connectivity index (χ3n) is 4.76. The van der Waals surface area contributed by atoms with Gasteiger partial charge in [0, 0.05) is 32.8 Å². The summed E-state index contributed by atoms with van der Waals surface area (Å²) in [4.78, 5) is 16.8. The van der Waals surface area contributed by atoms with Crippen molar-refractivity contribution in [1.29, 1.82) is 0 Å². The van der Waals surface area contributed by atoms with Gasteiger partial charge < -0.3 is 19.7 Å². The van der Waals surface area contributed by atoms with Crippen LogP contribution in [0.1, 0.15) is 32.6 Å². The number of ether oxygens (including phenoxy) is 2. The zero-order chi connectivity index (χ0) is 17.6. The number of amides is 1. The van der Waals surface area contributed by atoms with Gasteiger partial charge in [-0.15, -0.1) is 0 Å². The molecule has 0 radical (unpaired) electrons. The molecule has 0 bridgehead atoms. The van der Waals surface area contributed by atoms with Crippen molar-refractivity contribution < 1.29 is 18.7 Å². The van der Waals surface area contributed by atoms with Gasteiger partial charge in [-0.25, -0.2) is 4.98 Å². The molecule has 138 valence electrons. The SMILES string of the molecule is CC(=O)NCCOC1CC(COc2nccc(N3CCCC3)c2F)C1. The Morgan fingerprint density at radius 2 is 2.16 bits per heavy atom. The van der Waals surface area contributed by atoms with E-state index in [0.29, 0.717) is 31.4 Å². The highest BCUT2D eigenvalue weighted by Crippen LogP contribution is 2.32. The predicted octanol–water partition coefficient (Wildman–Crippen LogP) is 2.13. The summed E-state index contributed by atoms with van der Waals surface area (Å²) in [6, 6.07) is 1.72. The summed E-state index contributed by atoms with van der Waals surface area (Å²) in [7, 11) is 0. The van der Waals surface area contributed by atoms with Crippen molar-refractivity contribution in [3.05, 3.63) is 18.1 Å². The molecular formula is C18H26FN3O3. The Bertz CT molecular complexity index is 587. The van der Waals surface area contributed by atoms with Crippen LogP contribution in [0.5, 0.6) is 5.88 Å². The van der Waals surface area contributed by atoms with Crippen molar-refractivity contribution in [3.8, 4) is 5.88 Å². The fraction of sp³-hybridized carbons (Fsp3) is 0.667. The van der Waals surface area contributed by atoms with E-state index in [2.05, 4.69) is 10.3 Å². The van der Waals surface area contributed by atoms with Gasteiger partial charge in [-0.3, -0.25) is 4.79 Å². The number of anilines is 1. The monoisotopic (exact) mass is 351 g/mol. The largest absolute Gasteiger partial charge is 0.475 e. The third-order valence-corrected chi connectivity index (χ3v) is 4.76. The smallest absolute Gasteiger partial charge is 0.252 e. The molecule has 2 aliphatic rings. The Morgan fingerprint density at radius 1 is 1.40 bits per heavy atom. The minimum atomic E-state index is -0.355. The van der Waals surface area contributed by atoms with E-state index in [1.54, 1.807) is 12.3 Å². The maximum Gasteiger partial charge on any atom is 0.252 e. The Morgan fingerprint density at radius 3 is 2.88 bits per heavy atom. The molecule has 1 aromatic heterocycles. The van der Waals surface area contributed by atoms with E-state index in [-0.39, 0.29) is 23.7 Å². The van der Waals surface area contributed by atoms with Gasteiger partial charge in [0.1, 0.15) is 0 Å². The van der Waals surface area contributed by atoms with Crippen molar-refractivity contribution in [1.82, 2.24) is 10.3 Å². The Labute approximate surface area is 147 Å². The molecule has 2 heterocycles. The number of rotatable bonds is 8. The summed E-state index contributed by atoms with van der Waals surface area (Å²) in [5.41, 5.74) is 0.593. The number of carbonyl (C=O) groups excluding carboxylic acids is 1. The van der Waals surface area contributed by atoms with E-state index in [4.69, 9.17) is 9.47 Å². The second-order valence-electron chi connectivity index (χ2n) is 6.77. The number of pyridine rings is 1. The van der Waals surface area contributed by atoms with Gasteiger partial charge in [0.15, 0.2) is 0 Å². The lowest BCUT2D eigenvalue weighted by Crippen LogP contribution is -2.37. The summed E-state index contributed by atoms with van der Waals surface area (Å²) in [5, 5.41) is 2.70. The van der Waals surface area contributed by atoms with Gasteiger partial charge in [-0.05, 0) is 37.7 Å². The molecule has 1 saturated heterocycles. The van der Waals surface area contributed by atoms with Crippen LogP contribution in [0.2, 0.25) is 0 Å². The lowest BCUT2D eigenvalue weighted by atomic mass is 9.83. The van der Waals surface area contributed by atoms with Gasteiger partial charge in [0.05, 0.1) is 25.0 Å². The molecule has 2 fully saturated rings. The first kappa shape index (κ1) is 17.9. The van der Waals surface area contributed by atoms with Crippen molar-refractivity contribution >= 4 is 11.6 Å². The Hall–Kier alpha value is -1.89. The van der Waals surface area contributed by atoms with Crippen LogP contribution in [0.25, 0.3) is 0 Å². The molecule has 0 spiro atoms. The van der Waals surface area contributed by atoms with Gasteiger partial charge in [-0.2, -0.15) is 4.39 Å².